The van der Waals surface area contributed by atoms with Crippen LogP contribution in [0.25, 0.3) is 11.3 Å². The van der Waals surface area contributed by atoms with Gasteiger partial charge in [0, 0.05) is 18.8 Å². The number of rotatable bonds is 9. The van der Waals surface area contributed by atoms with Crippen molar-refractivity contribution in [3.63, 3.8) is 0 Å². The normalized spacial score (nSPS) is 10.8. The topological polar surface area (TPSA) is 34.4 Å². The van der Waals surface area contributed by atoms with Gasteiger partial charge in [-0.3, -0.25) is 0 Å². The minimum Gasteiger partial charge on any atom is -0.460 e. The van der Waals surface area contributed by atoms with Gasteiger partial charge in [0.15, 0.2) is 0 Å². The first-order valence-corrected chi connectivity index (χ1v) is 7.32. The lowest BCUT2D eigenvalue weighted by atomic mass is 10.2. The Bertz CT molecular complexity index is 479. The largest absolute Gasteiger partial charge is 0.460 e. The molecule has 0 aliphatic heterocycles. The molecule has 0 unspecified atom stereocenters. The zero-order valence-corrected chi connectivity index (χ0v) is 12.1. The maximum absolute atomic E-state index is 5.83. The summed E-state index contributed by atoms with van der Waals surface area (Å²) in [5.41, 5.74) is 1.12. The Hall–Kier alpha value is -1.58. The van der Waals surface area contributed by atoms with Crippen molar-refractivity contribution in [3.8, 4) is 11.3 Å². The quantitative estimate of drug-likeness (QED) is 0.705. The minimum absolute atomic E-state index is 0.779. The molecule has 1 N–H and O–H groups in total. The second-order valence-corrected chi connectivity index (χ2v) is 4.71. The number of furan rings is 1. The monoisotopic (exact) mass is 273 g/mol. The molecule has 0 saturated heterocycles. The molecule has 1 heterocycles. The van der Waals surface area contributed by atoms with Crippen LogP contribution in [0, 0.1) is 0 Å². The van der Waals surface area contributed by atoms with Crippen molar-refractivity contribution < 1.29 is 9.15 Å². The standard InChI is InChI=1S/C17H23NO2/c1-2-19-13-7-6-12-18-14-16-10-11-17(20-16)15-8-4-3-5-9-15/h3-5,8-11,18H,2,6-7,12-14H2,1H3. The van der Waals surface area contributed by atoms with Crippen molar-refractivity contribution in [2.24, 2.45) is 0 Å². The summed E-state index contributed by atoms with van der Waals surface area (Å²) in [7, 11) is 0. The second kappa shape index (κ2) is 8.56. The van der Waals surface area contributed by atoms with E-state index in [1.54, 1.807) is 0 Å². The summed E-state index contributed by atoms with van der Waals surface area (Å²) in [6.45, 7) is 5.47. The van der Waals surface area contributed by atoms with Gasteiger partial charge in [-0.1, -0.05) is 30.3 Å². The molecule has 108 valence electrons. The Labute approximate surface area is 121 Å². The first-order valence-electron chi connectivity index (χ1n) is 7.32. The lowest BCUT2D eigenvalue weighted by molar-refractivity contribution is 0.143. The number of unbranched alkanes of at least 4 members (excludes halogenated alkanes) is 1. The highest BCUT2D eigenvalue weighted by Crippen LogP contribution is 2.21. The van der Waals surface area contributed by atoms with Gasteiger partial charge in [0.1, 0.15) is 11.5 Å². The molecule has 0 fully saturated rings. The van der Waals surface area contributed by atoms with E-state index >= 15 is 0 Å². The molecule has 0 radical (unpaired) electrons. The Balaban J connectivity index is 1.69. The fraction of sp³-hybridized carbons (Fsp3) is 0.412. The summed E-state index contributed by atoms with van der Waals surface area (Å²) in [6.07, 6.45) is 2.24. The molecule has 1 aromatic carbocycles. The second-order valence-electron chi connectivity index (χ2n) is 4.71. The predicted molar refractivity (Wildman–Crippen MR) is 81.6 cm³/mol. The molecule has 2 rings (SSSR count). The van der Waals surface area contributed by atoms with E-state index in [1.165, 1.54) is 0 Å². The van der Waals surface area contributed by atoms with E-state index < -0.39 is 0 Å². The predicted octanol–water partition coefficient (Wildman–Crippen LogP) is 3.85. The summed E-state index contributed by atoms with van der Waals surface area (Å²) in [4.78, 5) is 0. The fourth-order valence-corrected chi connectivity index (χ4v) is 2.04. The smallest absolute Gasteiger partial charge is 0.134 e. The molecule has 0 bridgehead atoms. The van der Waals surface area contributed by atoms with E-state index in [9.17, 15) is 0 Å². The Morgan fingerprint density at radius 1 is 1.05 bits per heavy atom. The van der Waals surface area contributed by atoms with Crippen LogP contribution in [0.5, 0.6) is 0 Å². The molecule has 3 nitrogen and oxygen atoms in total. The number of hydrogen-bond donors (Lipinski definition) is 1. The van der Waals surface area contributed by atoms with Crippen molar-refractivity contribution in [3.05, 3.63) is 48.2 Å². The van der Waals surface area contributed by atoms with E-state index in [4.69, 9.17) is 9.15 Å². The first kappa shape index (κ1) is 14.8. The molecular weight excluding hydrogens is 250 g/mol. The molecule has 20 heavy (non-hydrogen) atoms. The van der Waals surface area contributed by atoms with Crippen molar-refractivity contribution in [1.82, 2.24) is 5.32 Å². The first-order chi connectivity index (χ1) is 9.90. The van der Waals surface area contributed by atoms with E-state index in [0.29, 0.717) is 0 Å². The van der Waals surface area contributed by atoms with Gasteiger partial charge >= 0.3 is 0 Å². The van der Waals surface area contributed by atoms with E-state index in [1.807, 2.05) is 37.3 Å². The third-order valence-corrected chi connectivity index (χ3v) is 3.12. The van der Waals surface area contributed by atoms with Gasteiger partial charge in [0.25, 0.3) is 0 Å². The zero-order chi connectivity index (χ0) is 14.0. The third-order valence-electron chi connectivity index (χ3n) is 3.12. The van der Waals surface area contributed by atoms with Gasteiger partial charge < -0.3 is 14.5 Å². The van der Waals surface area contributed by atoms with Crippen LogP contribution < -0.4 is 5.32 Å². The Kier molecular flexibility index (Phi) is 6.35. The van der Waals surface area contributed by atoms with E-state index in [-0.39, 0.29) is 0 Å². The van der Waals surface area contributed by atoms with Gasteiger partial charge in [-0.25, -0.2) is 0 Å². The molecule has 0 atom stereocenters. The van der Waals surface area contributed by atoms with E-state index in [0.717, 1.165) is 56.2 Å². The molecule has 0 aliphatic rings. The van der Waals surface area contributed by atoms with Crippen LogP contribution in [0.2, 0.25) is 0 Å². The van der Waals surface area contributed by atoms with Crippen LogP contribution in [0.15, 0.2) is 46.9 Å². The minimum atomic E-state index is 0.779. The number of nitrogens with one attached hydrogen (secondary N) is 1. The van der Waals surface area contributed by atoms with Gasteiger partial charge in [-0.2, -0.15) is 0 Å². The SMILES string of the molecule is CCOCCCCNCc1ccc(-c2ccccc2)o1. The summed E-state index contributed by atoms with van der Waals surface area (Å²) < 4.78 is 11.1. The summed E-state index contributed by atoms with van der Waals surface area (Å²) in [5.74, 6) is 1.91. The molecule has 1 aromatic heterocycles. The van der Waals surface area contributed by atoms with Crippen molar-refractivity contribution in [1.29, 1.82) is 0 Å². The molecule has 2 aromatic rings. The Morgan fingerprint density at radius 3 is 2.70 bits per heavy atom. The summed E-state index contributed by atoms with van der Waals surface area (Å²) in [6, 6.07) is 14.2. The van der Waals surface area contributed by atoms with Crippen LogP contribution >= 0.6 is 0 Å². The van der Waals surface area contributed by atoms with Crippen LogP contribution in [-0.4, -0.2) is 19.8 Å². The van der Waals surface area contributed by atoms with Crippen LogP contribution in [-0.2, 0) is 11.3 Å². The van der Waals surface area contributed by atoms with E-state index in [2.05, 4.69) is 17.4 Å². The lowest BCUT2D eigenvalue weighted by Crippen LogP contribution is -2.14. The molecule has 0 spiro atoms. The molecule has 0 amide bonds. The van der Waals surface area contributed by atoms with Gasteiger partial charge in [-0.15, -0.1) is 0 Å². The fourth-order valence-electron chi connectivity index (χ4n) is 2.04. The average molecular weight is 273 g/mol. The highest BCUT2D eigenvalue weighted by Gasteiger charge is 2.03. The molecule has 0 aliphatic carbocycles. The zero-order valence-electron chi connectivity index (χ0n) is 12.1. The lowest BCUT2D eigenvalue weighted by Gasteiger charge is -2.03. The van der Waals surface area contributed by atoms with Crippen LogP contribution in [0.4, 0.5) is 0 Å². The molecular formula is C17H23NO2. The average Bonchev–Trinajstić information content (AvgIpc) is 2.96. The van der Waals surface area contributed by atoms with Gasteiger partial charge in [-0.05, 0) is 38.4 Å². The summed E-state index contributed by atoms with van der Waals surface area (Å²) >= 11 is 0. The van der Waals surface area contributed by atoms with Crippen LogP contribution in [0.1, 0.15) is 25.5 Å². The van der Waals surface area contributed by atoms with Crippen molar-refractivity contribution in [2.75, 3.05) is 19.8 Å². The molecule has 3 heteroatoms. The van der Waals surface area contributed by atoms with Crippen molar-refractivity contribution >= 4 is 0 Å². The van der Waals surface area contributed by atoms with Gasteiger partial charge in [0.05, 0.1) is 6.54 Å². The highest BCUT2D eigenvalue weighted by atomic mass is 16.5. The number of hydrogen-bond acceptors (Lipinski definition) is 3. The van der Waals surface area contributed by atoms with Gasteiger partial charge in [0.2, 0.25) is 0 Å². The number of ether oxygens (including phenoxy) is 1. The van der Waals surface area contributed by atoms with Crippen LogP contribution in [0.3, 0.4) is 0 Å². The molecule has 0 saturated carbocycles. The Morgan fingerprint density at radius 2 is 1.90 bits per heavy atom. The third kappa shape index (κ3) is 4.83. The summed E-state index contributed by atoms with van der Waals surface area (Å²) in [5, 5.41) is 3.39. The van der Waals surface area contributed by atoms with Crippen molar-refractivity contribution in [2.45, 2.75) is 26.3 Å². The maximum Gasteiger partial charge on any atom is 0.134 e. The highest BCUT2D eigenvalue weighted by molar-refractivity contribution is 5.57. The number of benzene rings is 1. The maximum atomic E-state index is 5.83.